The molecule has 1 saturated heterocycles. The van der Waals surface area contributed by atoms with Gasteiger partial charge in [-0.3, -0.25) is 0 Å². The number of terminal acetylenes is 1. The molecule has 2 aromatic heterocycles. The van der Waals surface area contributed by atoms with Crippen LogP contribution in [0.1, 0.15) is 66.4 Å². The smallest absolute Gasteiger partial charge is 0.123 e. The summed E-state index contributed by atoms with van der Waals surface area (Å²) in [6.07, 6.45) is 16.5. The molecule has 0 unspecified atom stereocenters. The average molecular weight is 493 g/mol. The van der Waals surface area contributed by atoms with Crippen LogP contribution in [0.3, 0.4) is 0 Å². The first-order chi connectivity index (χ1) is 18.3. The van der Waals surface area contributed by atoms with Gasteiger partial charge >= 0.3 is 0 Å². The Bertz CT molecular complexity index is 1340. The van der Waals surface area contributed by atoms with E-state index in [1.54, 1.807) is 0 Å². The Kier molecular flexibility index (Phi) is 7.84. The van der Waals surface area contributed by atoms with Gasteiger partial charge in [0.2, 0.25) is 0 Å². The number of aromatic nitrogens is 4. The highest BCUT2D eigenvalue weighted by molar-refractivity contribution is 5.69. The van der Waals surface area contributed by atoms with Crippen molar-refractivity contribution in [2.75, 3.05) is 13.1 Å². The molecule has 0 amide bonds. The van der Waals surface area contributed by atoms with Crippen LogP contribution in [0.2, 0.25) is 0 Å². The van der Waals surface area contributed by atoms with E-state index in [1.807, 2.05) is 6.20 Å². The molecule has 4 N–H and O–H groups in total. The highest BCUT2D eigenvalue weighted by Gasteiger charge is 2.23. The molecule has 0 spiro atoms. The van der Waals surface area contributed by atoms with Crippen LogP contribution < -0.4 is 10.6 Å². The second kappa shape index (κ2) is 11.6. The Morgan fingerprint density at radius 1 is 0.973 bits per heavy atom. The van der Waals surface area contributed by atoms with Gasteiger partial charge in [0.15, 0.2) is 0 Å². The summed E-state index contributed by atoms with van der Waals surface area (Å²) in [4.78, 5) is 16.6. The number of H-pyrrole nitrogens is 2. The Balaban J connectivity index is 0.00000137. The lowest BCUT2D eigenvalue weighted by atomic mass is 9.95. The molecule has 1 fully saturated rings. The number of hydrogen-bond donors (Lipinski definition) is 4. The normalized spacial score (nSPS) is 16.4. The van der Waals surface area contributed by atoms with Crippen molar-refractivity contribution >= 4 is 0 Å². The zero-order chi connectivity index (χ0) is 25.6. The van der Waals surface area contributed by atoms with Crippen LogP contribution in [-0.4, -0.2) is 33.0 Å². The number of imidazole rings is 2. The van der Waals surface area contributed by atoms with Crippen LogP contribution in [0.5, 0.6) is 0 Å². The van der Waals surface area contributed by atoms with E-state index < -0.39 is 0 Å². The molecule has 0 bridgehead atoms. The summed E-state index contributed by atoms with van der Waals surface area (Å²) in [7, 11) is 0. The molecule has 3 heterocycles. The zero-order valence-electron chi connectivity index (χ0n) is 21.6. The Labute approximate surface area is 219 Å². The standard InChI is InChI=1S/C29H34N6.C2H2/c1-2-13-30-18-28-32-17-27(33-28)21-8-5-19(6-9-21)22-10-7-20-11-12-24-26(16-23(20)15-22)35-29(34-24)25-4-3-14-31-25;1-2/h5-10,15,17,25,30-31H,2-4,11-14,16,18H2,1H3,(H,32,33)(H,34,35);1-2H/t25-;/m0./s1. The molecule has 190 valence electrons. The topological polar surface area (TPSA) is 81.4 Å². The van der Waals surface area contributed by atoms with E-state index >= 15 is 0 Å². The number of nitrogens with zero attached hydrogens (tertiary/aromatic N) is 2. The number of aryl methyl sites for hydroxylation is 2. The minimum Gasteiger partial charge on any atom is -0.344 e. The number of benzene rings is 2. The molecule has 1 atom stereocenters. The van der Waals surface area contributed by atoms with E-state index in [4.69, 9.17) is 4.98 Å². The van der Waals surface area contributed by atoms with Crippen molar-refractivity contribution in [3.05, 3.63) is 82.8 Å². The Hall–Kier alpha value is -3.66. The Morgan fingerprint density at radius 2 is 1.78 bits per heavy atom. The minimum atomic E-state index is 0.393. The van der Waals surface area contributed by atoms with Crippen molar-refractivity contribution in [2.24, 2.45) is 0 Å². The van der Waals surface area contributed by atoms with Gasteiger partial charge in [0.25, 0.3) is 0 Å². The van der Waals surface area contributed by atoms with Gasteiger partial charge in [-0.15, -0.1) is 12.8 Å². The Morgan fingerprint density at radius 3 is 2.57 bits per heavy atom. The second-order valence-corrected chi connectivity index (χ2v) is 9.85. The molecule has 0 radical (unpaired) electrons. The maximum atomic E-state index is 4.99. The molecule has 1 aliphatic carbocycles. The van der Waals surface area contributed by atoms with Crippen LogP contribution in [0.25, 0.3) is 22.4 Å². The van der Waals surface area contributed by atoms with E-state index in [1.165, 1.54) is 46.5 Å². The van der Waals surface area contributed by atoms with Gasteiger partial charge in [-0.05, 0) is 73.0 Å². The number of nitrogens with one attached hydrogen (secondary N) is 4. The van der Waals surface area contributed by atoms with E-state index in [2.05, 4.69) is 87.8 Å². The summed E-state index contributed by atoms with van der Waals surface area (Å²) in [5.74, 6) is 2.11. The third kappa shape index (κ3) is 5.53. The van der Waals surface area contributed by atoms with Crippen molar-refractivity contribution in [1.82, 2.24) is 30.6 Å². The summed E-state index contributed by atoms with van der Waals surface area (Å²) >= 11 is 0. The molecular weight excluding hydrogens is 456 g/mol. The quantitative estimate of drug-likeness (QED) is 0.208. The van der Waals surface area contributed by atoms with E-state index in [0.717, 1.165) is 68.2 Å². The van der Waals surface area contributed by atoms with Crippen molar-refractivity contribution < 1.29 is 0 Å². The minimum absolute atomic E-state index is 0.393. The van der Waals surface area contributed by atoms with Gasteiger partial charge in [-0.25, -0.2) is 9.97 Å². The van der Waals surface area contributed by atoms with Crippen LogP contribution in [0.4, 0.5) is 0 Å². The summed E-state index contributed by atoms with van der Waals surface area (Å²) in [6.45, 7) is 5.05. The predicted octanol–water partition coefficient (Wildman–Crippen LogP) is 5.33. The van der Waals surface area contributed by atoms with E-state index in [0.29, 0.717) is 6.04 Å². The second-order valence-electron chi connectivity index (χ2n) is 9.85. The van der Waals surface area contributed by atoms with Gasteiger partial charge < -0.3 is 20.6 Å². The fourth-order valence-corrected chi connectivity index (χ4v) is 5.39. The average Bonchev–Trinajstić information content (AvgIpc) is 3.70. The SMILES string of the molecule is C#C.CCCNCc1ncc(-c2ccc(-c3ccc4c(c3)Cc3[nH]c([C@@H]5CCCN5)nc3CC4)cc2)[nH]1. The fourth-order valence-electron chi connectivity index (χ4n) is 5.39. The summed E-state index contributed by atoms with van der Waals surface area (Å²) in [5, 5.41) is 6.97. The monoisotopic (exact) mass is 492 g/mol. The summed E-state index contributed by atoms with van der Waals surface area (Å²) < 4.78 is 0. The molecular formula is C31H36N6. The zero-order valence-corrected chi connectivity index (χ0v) is 21.6. The lowest BCUT2D eigenvalue weighted by molar-refractivity contribution is 0.609. The van der Waals surface area contributed by atoms with Gasteiger partial charge in [0.05, 0.1) is 30.2 Å². The molecule has 4 aromatic rings. The molecule has 0 saturated carbocycles. The molecule has 2 aromatic carbocycles. The van der Waals surface area contributed by atoms with Gasteiger partial charge in [-0.1, -0.05) is 49.4 Å². The highest BCUT2D eigenvalue weighted by Crippen LogP contribution is 2.31. The van der Waals surface area contributed by atoms with Crippen LogP contribution in [0.15, 0.2) is 48.7 Å². The number of rotatable bonds is 7. The third-order valence-corrected chi connectivity index (χ3v) is 7.35. The lowest BCUT2D eigenvalue weighted by Gasteiger charge is -2.10. The van der Waals surface area contributed by atoms with E-state index in [-0.39, 0.29) is 0 Å². The molecule has 37 heavy (non-hydrogen) atoms. The van der Waals surface area contributed by atoms with Crippen LogP contribution in [0, 0.1) is 12.8 Å². The molecule has 2 aliphatic rings. The van der Waals surface area contributed by atoms with Gasteiger partial charge in [0.1, 0.15) is 11.6 Å². The van der Waals surface area contributed by atoms with Crippen molar-refractivity contribution in [3.8, 4) is 35.2 Å². The number of fused-ring (bicyclic) bond motifs is 2. The largest absolute Gasteiger partial charge is 0.344 e. The predicted molar refractivity (Wildman–Crippen MR) is 150 cm³/mol. The van der Waals surface area contributed by atoms with Crippen molar-refractivity contribution in [1.29, 1.82) is 0 Å². The third-order valence-electron chi connectivity index (χ3n) is 7.35. The van der Waals surface area contributed by atoms with Crippen LogP contribution in [-0.2, 0) is 25.8 Å². The first kappa shape index (κ1) is 25.0. The van der Waals surface area contributed by atoms with Crippen molar-refractivity contribution in [3.63, 3.8) is 0 Å². The van der Waals surface area contributed by atoms with Crippen LogP contribution >= 0.6 is 0 Å². The molecule has 6 heteroatoms. The molecule has 6 nitrogen and oxygen atoms in total. The number of aromatic amines is 2. The highest BCUT2D eigenvalue weighted by atomic mass is 15.0. The first-order valence-corrected chi connectivity index (χ1v) is 13.4. The molecule has 1 aliphatic heterocycles. The maximum absolute atomic E-state index is 4.99. The first-order valence-electron chi connectivity index (χ1n) is 13.4. The maximum Gasteiger partial charge on any atom is 0.123 e. The van der Waals surface area contributed by atoms with Gasteiger partial charge in [0, 0.05) is 12.1 Å². The summed E-state index contributed by atoms with van der Waals surface area (Å²) in [5.41, 5.74) is 10.1. The van der Waals surface area contributed by atoms with E-state index in [9.17, 15) is 0 Å². The number of hydrogen-bond acceptors (Lipinski definition) is 4. The van der Waals surface area contributed by atoms with Crippen molar-refractivity contribution in [2.45, 2.75) is 58.0 Å². The lowest BCUT2D eigenvalue weighted by Crippen LogP contribution is -2.14. The fraction of sp³-hybridized carbons (Fsp3) is 0.355. The summed E-state index contributed by atoms with van der Waals surface area (Å²) in [6, 6.07) is 16.2. The molecule has 6 rings (SSSR count). The van der Waals surface area contributed by atoms with Gasteiger partial charge in [-0.2, -0.15) is 0 Å².